The van der Waals surface area contributed by atoms with Crippen molar-refractivity contribution in [3.63, 3.8) is 0 Å². The number of benzene rings is 1. The highest BCUT2D eigenvalue weighted by atomic mass is 19.1. The van der Waals surface area contributed by atoms with Crippen molar-refractivity contribution in [2.75, 3.05) is 0 Å². The summed E-state index contributed by atoms with van der Waals surface area (Å²) in [6, 6.07) is 5.44. The molecule has 0 bridgehead atoms. The van der Waals surface area contributed by atoms with E-state index in [1.165, 1.54) is 6.07 Å². The van der Waals surface area contributed by atoms with Crippen molar-refractivity contribution >= 4 is 11.9 Å². The number of aromatic nitrogens is 2. The van der Waals surface area contributed by atoms with Gasteiger partial charge in [0.1, 0.15) is 17.7 Å². The van der Waals surface area contributed by atoms with Gasteiger partial charge in [0.25, 0.3) is 0 Å². The summed E-state index contributed by atoms with van der Waals surface area (Å²) in [5.41, 5.74) is 0.313. The molecule has 0 saturated heterocycles. The van der Waals surface area contributed by atoms with Crippen LogP contribution in [-0.2, 0) is 16.6 Å². The van der Waals surface area contributed by atoms with Crippen LogP contribution in [0, 0.1) is 5.82 Å². The Morgan fingerprint density at radius 1 is 1.35 bits per heavy atom. The van der Waals surface area contributed by atoms with Gasteiger partial charge in [-0.15, -0.1) is 0 Å². The van der Waals surface area contributed by atoms with Crippen LogP contribution in [-0.4, -0.2) is 26.5 Å². The topological polar surface area (TPSA) is 84.2 Å². The molecule has 1 aromatic heterocycles. The molecule has 1 atom stereocenters. The van der Waals surface area contributed by atoms with Crippen LogP contribution >= 0.6 is 0 Å². The molecule has 1 amide bonds. The molecular formula is C16H18FN3O3. The van der Waals surface area contributed by atoms with Crippen molar-refractivity contribution in [2.24, 2.45) is 7.05 Å². The number of aryl methyl sites for hydroxylation is 1. The van der Waals surface area contributed by atoms with Crippen molar-refractivity contribution in [2.45, 2.75) is 25.3 Å². The Balaban J connectivity index is 2.19. The molecular weight excluding hydrogens is 301 g/mol. The Bertz CT molecular complexity index is 699. The van der Waals surface area contributed by atoms with Crippen molar-refractivity contribution in [3.05, 3.63) is 53.9 Å². The lowest BCUT2D eigenvalue weighted by molar-refractivity contribution is -0.137. The molecule has 2 aromatic rings. The minimum atomic E-state index is -0.951. The fraction of sp³-hybridized carbons (Fsp3) is 0.312. The van der Waals surface area contributed by atoms with Gasteiger partial charge in [-0.05, 0) is 12.5 Å². The fourth-order valence-electron chi connectivity index (χ4n) is 2.28. The quantitative estimate of drug-likeness (QED) is 0.818. The van der Waals surface area contributed by atoms with E-state index in [0.29, 0.717) is 11.4 Å². The lowest BCUT2D eigenvalue weighted by atomic mass is 10.0. The first-order valence-corrected chi connectivity index (χ1v) is 7.22. The first-order chi connectivity index (χ1) is 11.0. The highest BCUT2D eigenvalue weighted by molar-refractivity contribution is 5.77. The number of carboxylic acids is 1. The van der Waals surface area contributed by atoms with Crippen LogP contribution in [0.4, 0.5) is 4.39 Å². The van der Waals surface area contributed by atoms with E-state index in [4.69, 9.17) is 5.11 Å². The molecule has 2 N–H and O–H groups in total. The number of halogens is 1. The first kappa shape index (κ1) is 16.7. The molecule has 0 aliphatic carbocycles. The number of hydrogen-bond donors (Lipinski definition) is 2. The number of amides is 1. The van der Waals surface area contributed by atoms with Gasteiger partial charge in [0.2, 0.25) is 5.91 Å². The van der Waals surface area contributed by atoms with Gasteiger partial charge in [0.05, 0.1) is 0 Å². The molecule has 1 heterocycles. The molecule has 23 heavy (non-hydrogen) atoms. The van der Waals surface area contributed by atoms with Gasteiger partial charge in [-0.3, -0.25) is 9.59 Å². The predicted octanol–water partition coefficient (Wildman–Crippen LogP) is 2.02. The number of aliphatic carboxylic acids is 1. The third-order valence-electron chi connectivity index (χ3n) is 3.43. The summed E-state index contributed by atoms with van der Waals surface area (Å²) in [5, 5.41) is 11.4. The molecule has 0 fully saturated rings. The van der Waals surface area contributed by atoms with Crippen LogP contribution in [0.25, 0.3) is 0 Å². The van der Waals surface area contributed by atoms with Gasteiger partial charge in [-0.2, -0.15) is 0 Å². The molecule has 6 nitrogen and oxygen atoms in total. The summed E-state index contributed by atoms with van der Waals surface area (Å²) < 4.78 is 15.8. The third-order valence-corrected chi connectivity index (χ3v) is 3.43. The molecule has 0 radical (unpaired) electrons. The van der Waals surface area contributed by atoms with Crippen LogP contribution in [0.2, 0.25) is 0 Å². The predicted molar refractivity (Wildman–Crippen MR) is 81.1 cm³/mol. The molecule has 0 aliphatic heterocycles. The van der Waals surface area contributed by atoms with Crippen molar-refractivity contribution in [1.29, 1.82) is 0 Å². The summed E-state index contributed by atoms with van der Waals surface area (Å²) >= 11 is 0. The largest absolute Gasteiger partial charge is 0.481 e. The van der Waals surface area contributed by atoms with Crippen LogP contribution in [0.15, 0.2) is 36.7 Å². The van der Waals surface area contributed by atoms with Gasteiger partial charge in [0, 0.05) is 37.8 Å². The smallest absolute Gasteiger partial charge is 0.303 e. The average Bonchev–Trinajstić information content (AvgIpc) is 2.91. The number of imidazole rings is 1. The Morgan fingerprint density at radius 2 is 2.09 bits per heavy atom. The zero-order chi connectivity index (χ0) is 16.8. The van der Waals surface area contributed by atoms with E-state index < -0.39 is 17.8 Å². The SMILES string of the molecule is Cn1ccnc1C(NC(=O)CCCC(=O)O)c1ccccc1F. The maximum Gasteiger partial charge on any atom is 0.303 e. The van der Waals surface area contributed by atoms with Crippen LogP contribution < -0.4 is 5.32 Å². The first-order valence-electron chi connectivity index (χ1n) is 7.22. The Hall–Kier alpha value is -2.70. The number of carbonyl (C=O) groups is 2. The van der Waals surface area contributed by atoms with E-state index >= 15 is 0 Å². The summed E-state index contributed by atoms with van der Waals surface area (Å²) in [5.74, 6) is -1.23. The number of carbonyl (C=O) groups excluding carboxylic acids is 1. The summed E-state index contributed by atoms with van der Waals surface area (Å²) in [7, 11) is 1.76. The van der Waals surface area contributed by atoms with Crippen molar-refractivity contribution in [1.82, 2.24) is 14.9 Å². The Labute approximate surface area is 133 Å². The highest BCUT2D eigenvalue weighted by Crippen LogP contribution is 2.23. The summed E-state index contributed by atoms with van der Waals surface area (Å²) in [6.07, 6.45) is 3.48. The molecule has 7 heteroatoms. The second-order valence-corrected chi connectivity index (χ2v) is 5.17. The molecule has 2 rings (SSSR count). The van der Waals surface area contributed by atoms with Crippen molar-refractivity contribution in [3.8, 4) is 0 Å². The number of hydrogen-bond acceptors (Lipinski definition) is 3. The van der Waals surface area contributed by atoms with E-state index in [0.717, 1.165) is 0 Å². The zero-order valence-electron chi connectivity index (χ0n) is 12.7. The molecule has 122 valence electrons. The van der Waals surface area contributed by atoms with E-state index in [1.54, 1.807) is 42.2 Å². The van der Waals surface area contributed by atoms with Gasteiger partial charge >= 0.3 is 5.97 Å². The minimum Gasteiger partial charge on any atom is -0.481 e. The zero-order valence-corrected chi connectivity index (χ0v) is 12.7. The highest BCUT2D eigenvalue weighted by Gasteiger charge is 2.23. The van der Waals surface area contributed by atoms with Crippen LogP contribution in [0.1, 0.15) is 36.7 Å². The van der Waals surface area contributed by atoms with E-state index in [9.17, 15) is 14.0 Å². The summed E-state index contributed by atoms with van der Waals surface area (Å²) in [4.78, 5) is 26.8. The lowest BCUT2D eigenvalue weighted by Gasteiger charge is -2.19. The number of nitrogens with zero attached hydrogens (tertiary/aromatic N) is 2. The second kappa shape index (κ2) is 7.53. The Morgan fingerprint density at radius 3 is 2.70 bits per heavy atom. The number of nitrogens with one attached hydrogen (secondary N) is 1. The number of rotatable bonds is 7. The maximum atomic E-state index is 14.1. The molecule has 0 saturated carbocycles. The fourth-order valence-corrected chi connectivity index (χ4v) is 2.28. The second-order valence-electron chi connectivity index (χ2n) is 5.17. The van der Waals surface area contributed by atoms with Crippen LogP contribution in [0.3, 0.4) is 0 Å². The van der Waals surface area contributed by atoms with E-state index in [2.05, 4.69) is 10.3 Å². The van der Waals surface area contributed by atoms with Gasteiger partial charge < -0.3 is 15.0 Å². The minimum absolute atomic E-state index is 0.0572. The normalized spacial score (nSPS) is 11.9. The van der Waals surface area contributed by atoms with E-state index in [1.807, 2.05) is 0 Å². The third kappa shape index (κ3) is 4.38. The van der Waals surface area contributed by atoms with Crippen molar-refractivity contribution < 1.29 is 19.1 Å². The average molecular weight is 319 g/mol. The van der Waals surface area contributed by atoms with Gasteiger partial charge in [-0.1, -0.05) is 18.2 Å². The van der Waals surface area contributed by atoms with E-state index in [-0.39, 0.29) is 25.2 Å². The van der Waals surface area contributed by atoms with Crippen LogP contribution in [0.5, 0.6) is 0 Å². The summed E-state index contributed by atoms with van der Waals surface area (Å²) in [6.45, 7) is 0. The lowest BCUT2D eigenvalue weighted by Crippen LogP contribution is -2.31. The molecule has 0 spiro atoms. The van der Waals surface area contributed by atoms with Gasteiger partial charge in [-0.25, -0.2) is 9.37 Å². The monoisotopic (exact) mass is 319 g/mol. The molecule has 1 unspecified atom stereocenters. The maximum absolute atomic E-state index is 14.1. The number of carboxylic acid groups (broad SMARTS) is 1. The molecule has 0 aliphatic rings. The molecule has 1 aromatic carbocycles. The Kier molecular flexibility index (Phi) is 5.46. The van der Waals surface area contributed by atoms with Gasteiger partial charge in [0.15, 0.2) is 0 Å². The standard InChI is InChI=1S/C16H18FN3O3/c1-20-10-9-18-16(20)15(11-5-2-3-6-12(11)17)19-13(21)7-4-8-14(22)23/h2-3,5-6,9-10,15H,4,7-8H2,1H3,(H,19,21)(H,22,23).